The summed E-state index contributed by atoms with van der Waals surface area (Å²) in [5, 5.41) is 3.88. The fraction of sp³-hybridized carbons (Fsp3) is 0.769. The summed E-state index contributed by atoms with van der Waals surface area (Å²) in [5.74, 6) is 1.31. The van der Waals surface area contributed by atoms with Crippen LogP contribution in [0.3, 0.4) is 0 Å². The Hall–Kier alpha value is -1.23. The van der Waals surface area contributed by atoms with Crippen molar-refractivity contribution in [2.75, 3.05) is 6.61 Å². The minimum Gasteiger partial charge on any atom is -0.368 e. The van der Waals surface area contributed by atoms with Gasteiger partial charge in [0.25, 0.3) is 0 Å². The molecule has 0 aromatic carbocycles. The molecule has 0 saturated carbocycles. The lowest BCUT2D eigenvalue weighted by Crippen LogP contribution is -2.23. The molecule has 102 valence electrons. The monoisotopic (exact) mass is 254 g/mol. The van der Waals surface area contributed by atoms with Gasteiger partial charge in [-0.3, -0.25) is 4.79 Å². The molecule has 0 amide bonds. The number of aromatic nitrogens is 2. The summed E-state index contributed by atoms with van der Waals surface area (Å²) in [6.45, 7) is 10.3. The second kappa shape index (κ2) is 6.09. The molecule has 0 radical (unpaired) electrons. The highest BCUT2D eigenvalue weighted by molar-refractivity contribution is 5.80. The van der Waals surface area contributed by atoms with Crippen LogP contribution in [0.15, 0.2) is 4.52 Å². The minimum atomic E-state index is -0.586. The molecule has 18 heavy (non-hydrogen) atoms. The Morgan fingerprint density at radius 3 is 2.67 bits per heavy atom. The van der Waals surface area contributed by atoms with E-state index in [1.54, 1.807) is 0 Å². The van der Waals surface area contributed by atoms with E-state index >= 15 is 0 Å². The van der Waals surface area contributed by atoms with E-state index in [4.69, 9.17) is 9.26 Å². The first-order valence-electron chi connectivity index (χ1n) is 6.34. The van der Waals surface area contributed by atoms with Crippen molar-refractivity contribution in [2.24, 2.45) is 5.92 Å². The number of hydrogen-bond acceptors (Lipinski definition) is 5. The third-order valence-electron chi connectivity index (χ3n) is 2.50. The Kier molecular flexibility index (Phi) is 5.02. The topological polar surface area (TPSA) is 65.2 Å². The molecular weight excluding hydrogens is 232 g/mol. The van der Waals surface area contributed by atoms with Gasteiger partial charge in [0.05, 0.1) is 6.42 Å². The molecule has 0 aliphatic rings. The molecule has 0 spiro atoms. The van der Waals surface area contributed by atoms with Gasteiger partial charge in [-0.2, -0.15) is 4.98 Å². The van der Waals surface area contributed by atoms with Crippen LogP contribution in [-0.4, -0.2) is 22.5 Å². The van der Waals surface area contributed by atoms with E-state index in [0.717, 1.165) is 0 Å². The maximum Gasteiger partial charge on any atom is 0.234 e. The van der Waals surface area contributed by atoms with Crippen molar-refractivity contribution in [3.63, 3.8) is 0 Å². The van der Waals surface area contributed by atoms with Crippen molar-refractivity contribution in [1.29, 1.82) is 0 Å². The standard InChI is InChI=1S/C13H22N2O3/c1-6-17-13(4,5)12-14-11(18-15-12)8-10(16)7-9(2)3/h9H,6-8H2,1-5H3. The number of hydrogen-bond donors (Lipinski definition) is 0. The fourth-order valence-electron chi connectivity index (χ4n) is 1.69. The molecule has 0 aliphatic carbocycles. The molecule has 0 bridgehead atoms. The molecule has 0 N–H and O–H groups in total. The van der Waals surface area contributed by atoms with E-state index in [-0.39, 0.29) is 12.2 Å². The van der Waals surface area contributed by atoms with Gasteiger partial charge in [-0.15, -0.1) is 0 Å². The molecule has 1 heterocycles. The Morgan fingerprint density at radius 1 is 1.44 bits per heavy atom. The normalized spacial score (nSPS) is 12.1. The van der Waals surface area contributed by atoms with Crippen LogP contribution in [0, 0.1) is 5.92 Å². The summed E-state index contributed by atoms with van der Waals surface area (Å²) in [6, 6.07) is 0. The average molecular weight is 254 g/mol. The lowest BCUT2D eigenvalue weighted by atomic mass is 10.1. The van der Waals surface area contributed by atoms with Crippen LogP contribution in [0.5, 0.6) is 0 Å². The first-order valence-corrected chi connectivity index (χ1v) is 6.34. The Balaban J connectivity index is 2.66. The molecule has 0 saturated heterocycles. The summed E-state index contributed by atoms with van der Waals surface area (Å²) in [5.41, 5.74) is -0.586. The van der Waals surface area contributed by atoms with Gasteiger partial charge in [0.2, 0.25) is 11.7 Å². The molecular formula is C13H22N2O3. The van der Waals surface area contributed by atoms with E-state index in [0.29, 0.717) is 30.7 Å². The first kappa shape index (κ1) is 14.8. The summed E-state index contributed by atoms with van der Waals surface area (Å²) < 4.78 is 10.6. The second-order valence-electron chi connectivity index (χ2n) is 5.27. The number of ketones is 1. The van der Waals surface area contributed by atoms with Crippen LogP contribution < -0.4 is 0 Å². The van der Waals surface area contributed by atoms with Gasteiger partial charge in [-0.05, 0) is 26.7 Å². The molecule has 1 aromatic heterocycles. The SMILES string of the molecule is CCOC(C)(C)c1noc(CC(=O)CC(C)C)n1. The summed E-state index contributed by atoms with van der Waals surface area (Å²) in [6.07, 6.45) is 0.736. The molecule has 0 unspecified atom stereocenters. The van der Waals surface area contributed by atoms with Gasteiger partial charge in [0.15, 0.2) is 0 Å². The highest BCUT2D eigenvalue weighted by atomic mass is 16.5. The molecule has 0 aliphatic heterocycles. The van der Waals surface area contributed by atoms with Gasteiger partial charge < -0.3 is 9.26 Å². The lowest BCUT2D eigenvalue weighted by Gasteiger charge is -2.19. The van der Waals surface area contributed by atoms with E-state index in [1.807, 2.05) is 34.6 Å². The maximum absolute atomic E-state index is 11.6. The van der Waals surface area contributed by atoms with Gasteiger partial charge >= 0.3 is 0 Å². The number of ether oxygens (including phenoxy) is 1. The van der Waals surface area contributed by atoms with Crippen molar-refractivity contribution in [1.82, 2.24) is 10.1 Å². The minimum absolute atomic E-state index is 0.120. The first-order chi connectivity index (χ1) is 8.35. The van der Waals surface area contributed by atoms with Crippen LogP contribution in [0.1, 0.15) is 52.8 Å². The molecule has 5 heteroatoms. The van der Waals surface area contributed by atoms with Gasteiger partial charge in [-0.1, -0.05) is 19.0 Å². The van der Waals surface area contributed by atoms with Gasteiger partial charge in [-0.25, -0.2) is 0 Å². The Bertz CT molecular complexity index is 397. The Morgan fingerprint density at radius 2 is 2.11 bits per heavy atom. The third kappa shape index (κ3) is 4.22. The zero-order chi connectivity index (χ0) is 13.8. The van der Waals surface area contributed by atoms with Crippen LogP contribution >= 0.6 is 0 Å². The van der Waals surface area contributed by atoms with Crippen molar-refractivity contribution >= 4 is 5.78 Å². The van der Waals surface area contributed by atoms with Gasteiger partial charge in [0.1, 0.15) is 11.4 Å². The molecule has 0 fully saturated rings. The summed E-state index contributed by atoms with van der Waals surface area (Å²) in [7, 11) is 0. The molecule has 0 atom stereocenters. The fourth-order valence-corrected chi connectivity index (χ4v) is 1.69. The smallest absolute Gasteiger partial charge is 0.234 e. The molecule has 1 rings (SSSR count). The number of carbonyl (C=O) groups excluding carboxylic acids is 1. The number of Topliss-reactive ketones (excluding diaryl/α,β-unsaturated/α-hetero) is 1. The van der Waals surface area contributed by atoms with Crippen molar-refractivity contribution < 1.29 is 14.1 Å². The van der Waals surface area contributed by atoms with Crippen LogP contribution in [0.2, 0.25) is 0 Å². The van der Waals surface area contributed by atoms with Crippen LogP contribution in [-0.2, 0) is 21.6 Å². The van der Waals surface area contributed by atoms with Crippen LogP contribution in [0.4, 0.5) is 0 Å². The zero-order valence-corrected chi connectivity index (χ0v) is 11.8. The van der Waals surface area contributed by atoms with Crippen molar-refractivity contribution in [3.8, 4) is 0 Å². The molecule has 1 aromatic rings. The third-order valence-corrected chi connectivity index (χ3v) is 2.50. The highest BCUT2D eigenvalue weighted by Gasteiger charge is 2.27. The van der Waals surface area contributed by atoms with E-state index in [2.05, 4.69) is 10.1 Å². The quantitative estimate of drug-likeness (QED) is 0.748. The predicted molar refractivity (Wildman–Crippen MR) is 67.1 cm³/mol. The summed E-state index contributed by atoms with van der Waals surface area (Å²) in [4.78, 5) is 15.9. The molecule has 5 nitrogen and oxygen atoms in total. The Labute approximate surface area is 108 Å². The number of rotatable bonds is 7. The van der Waals surface area contributed by atoms with Crippen molar-refractivity contribution in [3.05, 3.63) is 11.7 Å². The van der Waals surface area contributed by atoms with Crippen molar-refractivity contribution in [2.45, 2.75) is 53.1 Å². The lowest BCUT2D eigenvalue weighted by molar-refractivity contribution is -0.119. The van der Waals surface area contributed by atoms with E-state index < -0.39 is 5.60 Å². The van der Waals surface area contributed by atoms with E-state index in [9.17, 15) is 4.79 Å². The van der Waals surface area contributed by atoms with E-state index in [1.165, 1.54) is 0 Å². The maximum atomic E-state index is 11.6. The largest absolute Gasteiger partial charge is 0.368 e. The highest BCUT2D eigenvalue weighted by Crippen LogP contribution is 2.21. The summed E-state index contributed by atoms with van der Waals surface area (Å²) >= 11 is 0. The number of nitrogens with zero attached hydrogens (tertiary/aromatic N) is 2. The zero-order valence-electron chi connectivity index (χ0n) is 11.8. The second-order valence-corrected chi connectivity index (χ2v) is 5.27. The van der Waals surface area contributed by atoms with Gasteiger partial charge in [0, 0.05) is 13.0 Å². The predicted octanol–water partition coefficient (Wildman–Crippen LogP) is 2.50. The number of carbonyl (C=O) groups is 1. The van der Waals surface area contributed by atoms with Crippen LogP contribution in [0.25, 0.3) is 0 Å². The average Bonchev–Trinajstić information content (AvgIpc) is 2.65.